The predicted octanol–water partition coefficient (Wildman–Crippen LogP) is 2.44. The molecule has 1 atom stereocenters. The summed E-state index contributed by atoms with van der Waals surface area (Å²) in [6.45, 7) is 0. The third-order valence-electron chi connectivity index (χ3n) is 3.24. The maximum absolute atomic E-state index is 5.64. The SMILES string of the molecule is NNC(Cc1cccc2ccccc12)c1csnn1. The first-order valence-corrected chi connectivity index (χ1v) is 6.92. The van der Waals surface area contributed by atoms with E-state index in [4.69, 9.17) is 5.84 Å². The monoisotopic (exact) mass is 270 g/mol. The third kappa shape index (κ3) is 2.49. The Hall–Kier alpha value is -1.82. The van der Waals surface area contributed by atoms with E-state index >= 15 is 0 Å². The van der Waals surface area contributed by atoms with Crippen LogP contribution in [0.3, 0.4) is 0 Å². The minimum atomic E-state index is -0.00967. The van der Waals surface area contributed by atoms with Gasteiger partial charge in [-0.05, 0) is 34.3 Å². The first-order chi connectivity index (χ1) is 9.38. The van der Waals surface area contributed by atoms with E-state index in [0.717, 1.165) is 12.1 Å². The Balaban J connectivity index is 1.96. The van der Waals surface area contributed by atoms with E-state index in [1.807, 2.05) is 5.38 Å². The van der Waals surface area contributed by atoms with Crippen molar-refractivity contribution in [1.29, 1.82) is 0 Å². The van der Waals surface area contributed by atoms with Crippen molar-refractivity contribution in [3.05, 3.63) is 59.1 Å². The quantitative estimate of drug-likeness (QED) is 0.564. The number of nitrogens with zero attached hydrogens (tertiary/aromatic N) is 2. The number of hydrogen-bond donors (Lipinski definition) is 2. The molecule has 0 spiro atoms. The lowest BCUT2D eigenvalue weighted by Gasteiger charge is -2.14. The van der Waals surface area contributed by atoms with Crippen molar-refractivity contribution in [1.82, 2.24) is 15.0 Å². The number of fused-ring (bicyclic) bond motifs is 1. The topological polar surface area (TPSA) is 63.8 Å². The van der Waals surface area contributed by atoms with Crippen molar-refractivity contribution >= 4 is 22.3 Å². The fourth-order valence-corrected chi connectivity index (χ4v) is 2.77. The van der Waals surface area contributed by atoms with Crippen molar-refractivity contribution < 1.29 is 0 Å². The second-order valence-corrected chi connectivity index (χ2v) is 5.00. The summed E-state index contributed by atoms with van der Waals surface area (Å²) in [5.74, 6) is 5.64. The second kappa shape index (κ2) is 5.44. The molecule has 3 aromatic rings. The maximum Gasteiger partial charge on any atom is 0.0941 e. The molecular formula is C14H14N4S. The highest BCUT2D eigenvalue weighted by Crippen LogP contribution is 2.23. The predicted molar refractivity (Wildman–Crippen MR) is 77.6 cm³/mol. The molecule has 0 amide bonds. The van der Waals surface area contributed by atoms with Gasteiger partial charge in [0.25, 0.3) is 0 Å². The molecule has 1 aromatic heterocycles. The molecular weight excluding hydrogens is 256 g/mol. The minimum Gasteiger partial charge on any atom is -0.271 e. The van der Waals surface area contributed by atoms with E-state index in [-0.39, 0.29) is 6.04 Å². The fraction of sp³-hybridized carbons (Fsp3) is 0.143. The van der Waals surface area contributed by atoms with Gasteiger partial charge in [-0.25, -0.2) is 0 Å². The Bertz CT molecular complexity index is 661. The van der Waals surface area contributed by atoms with Gasteiger partial charge in [0.05, 0.1) is 11.7 Å². The summed E-state index contributed by atoms with van der Waals surface area (Å²) >= 11 is 1.34. The first kappa shape index (κ1) is 12.2. The molecule has 4 nitrogen and oxygen atoms in total. The molecule has 0 aliphatic heterocycles. The summed E-state index contributed by atoms with van der Waals surface area (Å²) in [5, 5.41) is 8.52. The number of rotatable bonds is 4. The Kier molecular flexibility index (Phi) is 3.50. The van der Waals surface area contributed by atoms with E-state index in [1.165, 1.54) is 27.9 Å². The van der Waals surface area contributed by atoms with E-state index in [1.54, 1.807) is 0 Å². The van der Waals surface area contributed by atoms with Gasteiger partial charge in [0.1, 0.15) is 0 Å². The van der Waals surface area contributed by atoms with Crippen molar-refractivity contribution in [3.63, 3.8) is 0 Å². The van der Waals surface area contributed by atoms with E-state index in [0.29, 0.717) is 0 Å². The standard InChI is InChI=1S/C14H14N4S/c15-16-13(14-9-19-18-17-14)8-11-6-3-5-10-4-1-2-7-12(10)11/h1-7,9,13,16H,8,15H2. The number of aromatic nitrogens is 2. The Morgan fingerprint density at radius 2 is 2.00 bits per heavy atom. The summed E-state index contributed by atoms with van der Waals surface area (Å²) in [6, 6.07) is 14.7. The first-order valence-electron chi connectivity index (χ1n) is 6.08. The van der Waals surface area contributed by atoms with Crippen LogP contribution in [0.4, 0.5) is 0 Å². The third-order valence-corrected chi connectivity index (χ3v) is 3.76. The van der Waals surface area contributed by atoms with Gasteiger partial charge in [0, 0.05) is 5.38 Å². The number of nitrogens with two attached hydrogens (primary N) is 1. The molecule has 5 heteroatoms. The molecule has 0 aliphatic rings. The van der Waals surface area contributed by atoms with Crippen molar-refractivity contribution in [3.8, 4) is 0 Å². The highest BCUT2D eigenvalue weighted by Gasteiger charge is 2.14. The van der Waals surface area contributed by atoms with Gasteiger partial charge in [-0.1, -0.05) is 47.0 Å². The normalized spacial score (nSPS) is 12.7. The molecule has 19 heavy (non-hydrogen) atoms. The summed E-state index contributed by atoms with van der Waals surface area (Å²) in [5.41, 5.74) is 4.97. The number of hydrazine groups is 1. The maximum atomic E-state index is 5.64. The smallest absolute Gasteiger partial charge is 0.0941 e. The van der Waals surface area contributed by atoms with Gasteiger partial charge in [-0.15, -0.1) is 5.10 Å². The lowest BCUT2D eigenvalue weighted by Crippen LogP contribution is -2.29. The second-order valence-electron chi connectivity index (χ2n) is 4.39. The lowest BCUT2D eigenvalue weighted by atomic mass is 9.98. The van der Waals surface area contributed by atoms with Crippen LogP contribution in [0.15, 0.2) is 47.8 Å². The zero-order valence-electron chi connectivity index (χ0n) is 10.3. The van der Waals surface area contributed by atoms with Gasteiger partial charge in [0.15, 0.2) is 0 Å². The summed E-state index contributed by atoms with van der Waals surface area (Å²) in [7, 11) is 0. The Labute approximate surface area is 115 Å². The zero-order valence-corrected chi connectivity index (χ0v) is 11.1. The average molecular weight is 270 g/mol. The van der Waals surface area contributed by atoms with Crippen molar-refractivity contribution in [2.45, 2.75) is 12.5 Å². The molecule has 1 unspecified atom stereocenters. The molecule has 0 aliphatic carbocycles. The van der Waals surface area contributed by atoms with Gasteiger partial charge < -0.3 is 0 Å². The summed E-state index contributed by atoms with van der Waals surface area (Å²) < 4.78 is 3.89. The molecule has 0 saturated heterocycles. The zero-order chi connectivity index (χ0) is 13.1. The van der Waals surface area contributed by atoms with E-state index < -0.39 is 0 Å². The molecule has 0 saturated carbocycles. The lowest BCUT2D eigenvalue weighted by molar-refractivity contribution is 0.538. The molecule has 2 aromatic carbocycles. The van der Waals surface area contributed by atoms with Gasteiger partial charge in [0.2, 0.25) is 0 Å². The van der Waals surface area contributed by atoms with E-state index in [2.05, 4.69) is 57.5 Å². The average Bonchev–Trinajstić information content (AvgIpc) is 2.99. The Morgan fingerprint density at radius 1 is 1.16 bits per heavy atom. The van der Waals surface area contributed by atoms with Crippen LogP contribution in [0.25, 0.3) is 10.8 Å². The van der Waals surface area contributed by atoms with Gasteiger partial charge in [-0.3, -0.25) is 11.3 Å². The fourth-order valence-electron chi connectivity index (χ4n) is 2.26. The van der Waals surface area contributed by atoms with Crippen LogP contribution in [0, 0.1) is 0 Å². The molecule has 0 fully saturated rings. The molecule has 0 bridgehead atoms. The number of nitrogens with one attached hydrogen (secondary N) is 1. The highest BCUT2D eigenvalue weighted by atomic mass is 32.1. The van der Waals surface area contributed by atoms with Crippen LogP contribution >= 0.6 is 11.5 Å². The molecule has 3 N–H and O–H groups in total. The number of hydrogen-bond acceptors (Lipinski definition) is 5. The van der Waals surface area contributed by atoms with Crippen LogP contribution in [0.1, 0.15) is 17.3 Å². The van der Waals surface area contributed by atoms with Crippen molar-refractivity contribution in [2.24, 2.45) is 5.84 Å². The van der Waals surface area contributed by atoms with Crippen LogP contribution in [0.2, 0.25) is 0 Å². The Morgan fingerprint density at radius 3 is 2.79 bits per heavy atom. The summed E-state index contributed by atoms with van der Waals surface area (Å²) in [4.78, 5) is 0. The van der Waals surface area contributed by atoms with Crippen LogP contribution in [0.5, 0.6) is 0 Å². The van der Waals surface area contributed by atoms with Gasteiger partial charge in [-0.2, -0.15) is 0 Å². The van der Waals surface area contributed by atoms with Gasteiger partial charge >= 0.3 is 0 Å². The molecule has 1 heterocycles. The largest absolute Gasteiger partial charge is 0.271 e. The minimum absolute atomic E-state index is 0.00967. The molecule has 3 rings (SSSR count). The van der Waals surface area contributed by atoms with Crippen LogP contribution in [-0.4, -0.2) is 9.59 Å². The molecule has 96 valence electrons. The molecule has 0 radical (unpaired) electrons. The van der Waals surface area contributed by atoms with Crippen molar-refractivity contribution in [2.75, 3.05) is 0 Å². The van der Waals surface area contributed by atoms with Crippen LogP contribution in [-0.2, 0) is 6.42 Å². The summed E-state index contributed by atoms with van der Waals surface area (Å²) in [6.07, 6.45) is 0.795. The van der Waals surface area contributed by atoms with E-state index in [9.17, 15) is 0 Å². The number of benzene rings is 2. The highest BCUT2D eigenvalue weighted by molar-refractivity contribution is 7.03. The van der Waals surface area contributed by atoms with Crippen LogP contribution < -0.4 is 11.3 Å².